The van der Waals surface area contributed by atoms with E-state index in [2.05, 4.69) is 22.9 Å². The topological polar surface area (TPSA) is 24.4 Å². The van der Waals surface area contributed by atoms with E-state index in [9.17, 15) is 0 Å². The average Bonchev–Trinajstić information content (AvgIpc) is 1.86. The molecule has 0 aromatic carbocycles. The van der Waals surface area contributed by atoms with Crippen LogP contribution >= 0.6 is 12.6 Å². The molecule has 34 valence electrons. The number of thiol groups is 1. The second-order valence-electron chi connectivity index (χ2n) is 1.11. The molecule has 1 N–H and O–H groups in total. The number of hydrogen-bond acceptors (Lipinski definition) is 3. The van der Waals surface area contributed by atoms with Crippen molar-refractivity contribution in [3.63, 3.8) is 0 Å². The molecule has 1 aliphatic rings. The van der Waals surface area contributed by atoms with E-state index in [0.29, 0.717) is 0 Å². The van der Waals surface area contributed by atoms with Crippen LogP contribution in [0, 0.1) is 0 Å². The molecule has 3 heteroatoms. The third kappa shape index (κ3) is 0.725. The molecule has 6 heavy (non-hydrogen) atoms. The van der Waals surface area contributed by atoms with E-state index in [-0.39, 0.29) is 5.50 Å². The molecule has 1 atom stereocenters. The number of hydrogen-bond donors (Lipinski definition) is 2. The van der Waals surface area contributed by atoms with E-state index in [1.54, 1.807) is 0 Å². The molecule has 1 heterocycles. The molecular weight excluding hydrogens is 96.1 g/mol. The van der Waals surface area contributed by atoms with Gasteiger partial charge in [0.25, 0.3) is 0 Å². The first kappa shape index (κ1) is 4.15. The van der Waals surface area contributed by atoms with Crippen LogP contribution in [0.3, 0.4) is 0 Å². The van der Waals surface area contributed by atoms with Crippen molar-refractivity contribution in [2.45, 2.75) is 5.50 Å². The van der Waals surface area contributed by atoms with Gasteiger partial charge in [-0.1, -0.05) is 0 Å². The lowest BCUT2D eigenvalue weighted by Gasteiger charge is -1.92. The van der Waals surface area contributed by atoms with Gasteiger partial charge in [-0.15, -0.1) is 12.6 Å². The Bertz CT molecular complexity index is 71.2. The summed E-state index contributed by atoms with van der Waals surface area (Å²) >= 11 is 3.98. The zero-order valence-electron chi connectivity index (χ0n) is 3.26. The molecule has 0 amide bonds. The molecule has 0 spiro atoms. The second kappa shape index (κ2) is 1.62. The summed E-state index contributed by atoms with van der Waals surface area (Å²) in [7, 11) is 0. The Morgan fingerprint density at radius 3 is 3.00 bits per heavy atom. The van der Waals surface area contributed by atoms with Crippen LogP contribution in [-0.2, 0) is 0 Å². The molecule has 0 saturated heterocycles. The highest BCUT2D eigenvalue weighted by Gasteiger charge is 1.98. The fraction of sp³-hybridized carbons (Fsp3) is 0.667. The van der Waals surface area contributed by atoms with E-state index < -0.39 is 0 Å². The molecular formula is C3H6N2S. The third-order valence-corrected chi connectivity index (χ3v) is 0.954. The van der Waals surface area contributed by atoms with Gasteiger partial charge < -0.3 is 0 Å². The van der Waals surface area contributed by atoms with Gasteiger partial charge in [-0.3, -0.25) is 10.3 Å². The highest BCUT2D eigenvalue weighted by atomic mass is 32.1. The zero-order chi connectivity index (χ0) is 4.41. The lowest BCUT2D eigenvalue weighted by molar-refractivity contribution is 0.801. The molecule has 0 saturated carbocycles. The summed E-state index contributed by atoms with van der Waals surface area (Å²) in [6.07, 6.45) is 1.82. The fourth-order valence-electron chi connectivity index (χ4n) is 0.363. The maximum Gasteiger partial charge on any atom is 0.144 e. The minimum Gasteiger partial charge on any atom is -0.282 e. The first-order chi connectivity index (χ1) is 2.89. The Balaban J connectivity index is 2.38. The predicted molar refractivity (Wildman–Crippen MR) is 29.3 cm³/mol. The van der Waals surface area contributed by atoms with Crippen molar-refractivity contribution in [2.75, 3.05) is 6.54 Å². The molecule has 2 nitrogen and oxygen atoms in total. The van der Waals surface area contributed by atoms with Gasteiger partial charge in [-0.25, -0.2) is 0 Å². The summed E-state index contributed by atoms with van der Waals surface area (Å²) in [5.41, 5.74) is 0.0602. The molecule has 0 fully saturated rings. The highest BCUT2D eigenvalue weighted by molar-refractivity contribution is 7.80. The van der Waals surface area contributed by atoms with Crippen LogP contribution in [0.1, 0.15) is 0 Å². The van der Waals surface area contributed by atoms with Gasteiger partial charge in [-0.2, -0.15) is 0 Å². The van der Waals surface area contributed by atoms with Crippen LogP contribution in [0.4, 0.5) is 0 Å². The summed E-state index contributed by atoms with van der Waals surface area (Å²) in [6.45, 7) is 0.869. The largest absolute Gasteiger partial charge is 0.282 e. The SMILES string of the molecule is SC1N=CCN1. The monoisotopic (exact) mass is 102 g/mol. The molecule has 0 aromatic rings. The number of nitrogens with one attached hydrogen (secondary N) is 1. The summed E-state index contributed by atoms with van der Waals surface area (Å²) in [5, 5.41) is 2.96. The van der Waals surface area contributed by atoms with Gasteiger partial charge >= 0.3 is 0 Å². The predicted octanol–water partition coefficient (Wildman–Crippen LogP) is -0.126. The standard InChI is InChI=1S/C3H6N2S/c6-3-4-1-2-5-3/h1,3,5-6H,2H2. The van der Waals surface area contributed by atoms with Crippen molar-refractivity contribution >= 4 is 18.8 Å². The maximum atomic E-state index is 3.98. The van der Waals surface area contributed by atoms with Gasteiger partial charge in [0.2, 0.25) is 0 Å². The fourth-order valence-corrected chi connectivity index (χ4v) is 0.563. The summed E-state index contributed by atoms with van der Waals surface area (Å²) < 4.78 is 0. The van der Waals surface area contributed by atoms with Crippen LogP contribution in [-0.4, -0.2) is 18.3 Å². The Morgan fingerprint density at radius 1 is 2.00 bits per heavy atom. The van der Waals surface area contributed by atoms with E-state index >= 15 is 0 Å². The Labute approximate surface area is 42.1 Å². The smallest absolute Gasteiger partial charge is 0.144 e. The van der Waals surface area contributed by atoms with Gasteiger partial charge in [0.1, 0.15) is 5.50 Å². The van der Waals surface area contributed by atoms with Gasteiger partial charge in [0, 0.05) is 12.8 Å². The van der Waals surface area contributed by atoms with E-state index in [1.807, 2.05) is 6.21 Å². The van der Waals surface area contributed by atoms with Crippen molar-refractivity contribution in [1.29, 1.82) is 0 Å². The highest BCUT2D eigenvalue weighted by Crippen LogP contribution is 1.92. The quantitative estimate of drug-likeness (QED) is 0.409. The van der Waals surface area contributed by atoms with Gasteiger partial charge in [-0.05, 0) is 0 Å². The summed E-state index contributed by atoms with van der Waals surface area (Å²) in [6, 6.07) is 0. The molecule has 1 aliphatic heterocycles. The molecule has 0 bridgehead atoms. The van der Waals surface area contributed by atoms with Crippen LogP contribution < -0.4 is 5.32 Å². The second-order valence-corrected chi connectivity index (χ2v) is 1.60. The van der Waals surface area contributed by atoms with Crippen LogP contribution in [0.2, 0.25) is 0 Å². The van der Waals surface area contributed by atoms with E-state index in [0.717, 1.165) is 6.54 Å². The minimum atomic E-state index is 0.0602. The van der Waals surface area contributed by atoms with Crippen molar-refractivity contribution in [3.8, 4) is 0 Å². The molecule has 1 rings (SSSR count). The van der Waals surface area contributed by atoms with Crippen LogP contribution in [0.15, 0.2) is 4.99 Å². The molecule has 1 unspecified atom stereocenters. The van der Waals surface area contributed by atoms with Crippen molar-refractivity contribution in [2.24, 2.45) is 4.99 Å². The van der Waals surface area contributed by atoms with Gasteiger partial charge in [0.15, 0.2) is 0 Å². The Kier molecular flexibility index (Phi) is 1.12. The lowest BCUT2D eigenvalue weighted by atomic mass is 10.8. The number of rotatable bonds is 0. The van der Waals surface area contributed by atoms with E-state index in [1.165, 1.54) is 0 Å². The first-order valence-corrected chi connectivity index (χ1v) is 2.34. The van der Waals surface area contributed by atoms with Crippen molar-refractivity contribution in [1.82, 2.24) is 5.32 Å². The first-order valence-electron chi connectivity index (χ1n) is 1.83. The lowest BCUT2D eigenvalue weighted by Crippen LogP contribution is -2.15. The average molecular weight is 102 g/mol. The molecule has 0 radical (unpaired) electrons. The number of aliphatic imine (C=N–C) groups is 1. The van der Waals surface area contributed by atoms with Crippen LogP contribution in [0.25, 0.3) is 0 Å². The normalized spacial score (nSPS) is 31.8. The summed E-state index contributed by atoms with van der Waals surface area (Å²) in [5.74, 6) is 0. The third-order valence-electron chi connectivity index (χ3n) is 0.638. The van der Waals surface area contributed by atoms with E-state index in [4.69, 9.17) is 0 Å². The van der Waals surface area contributed by atoms with Gasteiger partial charge in [0.05, 0.1) is 0 Å². The van der Waals surface area contributed by atoms with Crippen molar-refractivity contribution < 1.29 is 0 Å². The Hall–Kier alpha value is -0.0200. The van der Waals surface area contributed by atoms with Crippen molar-refractivity contribution in [3.05, 3.63) is 0 Å². The Morgan fingerprint density at radius 2 is 2.83 bits per heavy atom. The maximum absolute atomic E-state index is 3.98. The molecule has 0 aliphatic carbocycles. The van der Waals surface area contributed by atoms with Crippen LogP contribution in [0.5, 0.6) is 0 Å². The molecule has 0 aromatic heterocycles. The summed E-state index contributed by atoms with van der Waals surface area (Å²) in [4.78, 5) is 3.86. The zero-order valence-corrected chi connectivity index (χ0v) is 4.15. The minimum absolute atomic E-state index is 0.0602. The number of nitrogens with zero attached hydrogens (tertiary/aromatic N) is 1.